The fourth-order valence-electron chi connectivity index (χ4n) is 2.34. The van der Waals surface area contributed by atoms with Crippen LogP contribution < -0.4 is 10.2 Å². The number of carbonyl (C=O) groups excluding carboxylic acids is 1. The van der Waals surface area contributed by atoms with Crippen LogP contribution in [0.4, 0.5) is 5.13 Å². The monoisotopic (exact) mass is 322 g/mol. The van der Waals surface area contributed by atoms with E-state index in [1.165, 1.54) is 12.8 Å². The van der Waals surface area contributed by atoms with Crippen LogP contribution in [0.1, 0.15) is 29.2 Å². The fourth-order valence-corrected chi connectivity index (χ4v) is 3.83. The Morgan fingerprint density at radius 2 is 2.00 bits per heavy atom. The highest BCUT2D eigenvalue weighted by Crippen LogP contribution is 2.24. The quantitative estimate of drug-likeness (QED) is 0.918. The molecule has 1 saturated heterocycles. The van der Waals surface area contributed by atoms with E-state index < -0.39 is 0 Å². The van der Waals surface area contributed by atoms with E-state index in [4.69, 9.17) is 0 Å². The highest BCUT2D eigenvalue weighted by atomic mass is 32.1. The lowest BCUT2D eigenvalue weighted by atomic mass is 10.3. The molecule has 1 aliphatic rings. The van der Waals surface area contributed by atoms with E-state index in [0.29, 0.717) is 13.0 Å². The standard InChI is InChI=1S/C14H18N4OS2/c1-10-16-11(8-20-10)6-13(19)15-7-12-9-21-14(17-12)18-4-2-3-5-18/h8-9H,2-7H2,1H3,(H,15,19). The van der Waals surface area contributed by atoms with Crippen LogP contribution in [-0.4, -0.2) is 29.0 Å². The minimum Gasteiger partial charge on any atom is -0.350 e. The molecule has 2 aromatic rings. The normalized spacial score (nSPS) is 14.6. The summed E-state index contributed by atoms with van der Waals surface area (Å²) < 4.78 is 0. The Balaban J connectivity index is 1.49. The van der Waals surface area contributed by atoms with Crippen LogP contribution >= 0.6 is 22.7 Å². The van der Waals surface area contributed by atoms with Gasteiger partial charge in [-0.05, 0) is 19.8 Å². The molecule has 2 aromatic heterocycles. The van der Waals surface area contributed by atoms with E-state index in [9.17, 15) is 4.79 Å². The summed E-state index contributed by atoms with van der Waals surface area (Å²) in [5.74, 6) is -0.00368. The van der Waals surface area contributed by atoms with Crippen LogP contribution in [0.2, 0.25) is 0 Å². The van der Waals surface area contributed by atoms with E-state index in [-0.39, 0.29) is 5.91 Å². The maximum Gasteiger partial charge on any atom is 0.226 e. The van der Waals surface area contributed by atoms with Crippen molar-refractivity contribution in [1.82, 2.24) is 15.3 Å². The summed E-state index contributed by atoms with van der Waals surface area (Å²) >= 11 is 3.23. The molecule has 1 aliphatic heterocycles. The second kappa shape index (κ2) is 6.53. The van der Waals surface area contributed by atoms with Crippen LogP contribution in [0.5, 0.6) is 0 Å². The van der Waals surface area contributed by atoms with Crippen LogP contribution in [0.25, 0.3) is 0 Å². The smallest absolute Gasteiger partial charge is 0.226 e. The lowest BCUT2D eigenvalue weighted by Crippen LogP contribution is -2.25. The van der Waals surface area contributed by atoms with Crippen molar-refractivity contribution in [1.29, 1.82) is 0 Å². The van der Waals surface area contributed by atoms with E-state index >= 15 is 0 Å². The zero-order valence-electron chi connectivity index (χ0n) is 12.0. The lowest BCUT2D eigenvalue weighted by Gasteiger charge is -2.12. The maximum absolute atomic E-state index is 11.9. The summed E-state index contributed by atoms with van der Waals surface area (Å²) in [6.45, 7) is 4.64. The molecule has 1 N–H and O–H groups in total. The third-order valence-corrected chi connectivity index (χ3v) is 5.16. The van der Waals surface area contributed by atoms with E-state index in [1.807, 2.05) is 17.7 Å². The predicted molar refractivity (Wildman–Crippen MR) is 86.0 cm³/mol. The first kappa shape index (κ1) is 14.5. The Labute approximate surface area is 132 Å². The molecule has 21 heavy (non-hydrogen) atoms. The van der Waals surface area contributed by atoms with Crippen molar-refractivity contribution in [3.8, 4) is 0 Å². The Hall–Kier alpha value is -1.47. The molecular formula is C14H18N4OS2. The zero-order valence-corrected chi connectivity index (χ0v) is 13.6. The highest BCUT2D eigenvalue weighted by Gasteiger charge is 2.15. The number of nitrogens with one attached hydrogen (secondary N) is 1. The molecule has 0 aliphatic carbocycles. The highest BCUT2D eigenvalue weighted by molar-refractivity contribution is 7.13. The molecule has 0 bridgehead atoms. The molecule has 3 rings (SSSR count). The maximum atomic E-state index is 11.9. The van der Waals surface area contributed by atoms with Gasteiger partial charge in [0.1, 0.15) is 0 Å². The second-order valence-corrected chi connectivity index (χ2v) is 7.03. The number of anilines is 1. The number of carbonyl (C=O) groups is 1. The van der Waals surface area contributed by atoms with Crippen molar-refractivity contribution < 1.29 is 4.79 Å². The van der Waals surface area contributed by atoms with Crippen molar-refractivity contribution in [2.45, 2.75) is 32.7 Å². The number of rotatable bonds is 5. The van der Waals surface area contributed by atoms with E-state index in [1.54, 1.807) is 22.7 Å². The number of thiazole rings is 2. The average molecular weight is 322 g/mol. The molecule has 0 aromatic carbocycles. The van der Waals surface area contributed by atoms with Gasteiger partial charge >= 0.3 is 0 Å². The predicted octanol–water partition coefficient (Wildman–Crippen LogP) is 2.37. The SMILES string of the molecule is Cc1nc(CC(=O)NCc2csc(N3CCCC3)n2)cs1. The van der Waals surface area contributed by atoms with Crippen molar-refractivity contribution in [2.24, 2.45) is 0 Å². The molecule has 3 heterocycles. The summed E-state index contributed by atoms with van der Waals surface area (Å²) in [5, 5.41) is 8.94. The Morgan fingerprint density at radius 3 is 2.71 bits per heavy atom. The molecule has 1 amide bonds. The van der Waals surface area contributed by atoms with Gasteiger partial charge in [0.05, 0.1) is 29.4 Å². The van der Waals surface area contributed by atoms with Gasteiger partial charge in [-0.15, -0.1) is 22.7 Å². The number of aryl methyl sites for hydroxylation is 1. The van der Waals surface area contributed by atoms with Crippen molar-refractivity contribution in [2.75, 3.05) is 18.0 Å². The molecule has 0 saturated carbocycles. The van der Waals surface area contributed by atoms with Gasteiger partial charge in [-0.1, -0.05) is 0 Å². The van der Waals surface area contributed by atoms with Gasteiger partial charge in [-0.2, -0.15) is 0 Å². The van der Waals surface area contributed by atoms with Gasteiger partial charge in [-0.3, -0.25) is 4.79 Å². The third kappa shape index (κ3) is 3.79. The average Bonchev–Trinajstić information content (AvgIpc) is 3.17. The molecule has 0 atom stereocenters. The van der Waals surface area contributed by atoms with Crippen LogP contribution in [0.3, 0.4) is 0 Å². The molecule has 1 fully saturated rings. The van der Waals surface area contributed by atoms with Crippen LogP contribution in [0.15, 0.2) is 10.8 Å². The number of aromatic nitrogens is 2. The number of amides is 1. The molecule has 7 heteroatoms. The third-order valence-electron chi connectivity index (χ3n) is 3.39. The molecule has 0 unspecified atom stereocenters. The summed E-state index contributed by atoms with van der Waals surface area (Å²) in [6.07, 6.45) is 2.84. The van der Waals surface area contributed by atoms with Crippen LogP contribution in [-0.2, 0) is 17.8 Å². The van der Waals surface area contributed by atoms with Gasteiger partial charge in [0.25, 0.3) is 0 Å². The van der Waals surface area contributed by atoms with E-state index in [0.717, 1.165) is 34.6 Å². The Morgan fingerprint density at radius 1 is 1.24 bits per heavy atom. The molecule has 5 nitrogen and oxygen atoms in total. The lowest BCUT2D eigenvalue weighted by molar-refractivity contribution is -0.120. The summed E-state index contributed by atoms with van der Waals surface area (Å²) in [7, 11) is 0. The van der Waals surface area contributed by atoms with Crippen molar-refractivity contribution in [3.05, 3.63) is 27.2 Å². The Kier molecular flexibility index (Phi) is 4.50. The summed E-state index contributed by atoms with van der Waals surface area (Å²) in [4.78, 5) is 23.1. The minimum absolute atomic E-state index is 0.00368. The summed E-state index contributed by atoms with van der Waals surface area (Å²) in [6, 6.07) is 0. The number of nitrogens with zero attached hydrogens (tertiary/aromatic N) is 3. The van der Waals surface area contributed by atoms with Gasteiger partial charge < -0.3 is 10.2 Å². The number of hydrogen-bond acceptors (Lipinski definition) is 6. The summed E-state index contributed by atoms with van der Waals surface area (Å²) in [5.41, 5.74) is 1.77. The van der Waals surface area contributed by atoms with Gasteiger partial charge in [0.15, 0.2) is 5.13 Å². The molecule has 0 radical (unpaired) electrons. The first-order valence-corrected chi connectivity index (χ1v) is 8.84. The van der Waals surface area contributed by atoms with Gasteiger partial charge in [0.2, 0.25) is 5.91 Å². The largest absolute Gasteiger partial charge is 0.350 e. The van der Waals surface area contributed by atoms with Gasteiger partial charge in [-0.25, -0.2) is 9.97 Å². The minimum atomic E-state index is -0.00368. The first-order chi connectivity index (χ1) is 10.2. The van der Waals surface area contributed by atoms with Gasteiger partial charge in [0, 0.05) is 23.8 Å². The second-order valence-electron chi connectivity index (χ2n) is 5.13. The number of hydrogen-bond donors (Lipinski definition) is 1. The topological polar surface area (TPSA) is 58.1 Å². The van der Waals surface area contributed by atoms with Crippen LogP contribution in [0, 0.1) is 6.92 Å². The first-order valence-electron chi connectivity index (χ1n) is 7.08. The fraction of sp³-hybridized carbons (Fsp3) is 0.500. The molecule has 0 spiro atoms. The van der Waals surface area contributed by atoms with Crippen molar-refractivity contribution >= 4 is 33.7 Å². The van der Waals surface area contributed by atoms with E-state index in [2.05, 4.69) is 20.2 Å². The van der Waals surface area contributed by atoms with Crippen molar-refractivity contribution in [3.63, 3.8) is 0 Å². The zero-order chi connectivity index (χ0) is 14.7. The Bertz CT molecular complexity index is 616. The molecule has 112 valence electrons. The molecular weight excluding hydrogens is 304 g/mol.